The molecule has 1 aromatic carbocycles. The van der Waals surface area contributed by atoms with Crippen LogP contribution in [0, 0.1) is 6.92 Å². The second kappa shape index (κ2) is 13.1. The number of aryl methyl sites for hydroxylation is 1. The van der Waals surface area contributed by atoms with Gasteiger partial charge in [0.15, 0.2) is 0 Å². The van der Waals surface area contributed by atoms with Gasteiger partial charge in [-0.25, -0.2) is 9.78 Å². The summed E-state index contributed by atoms with van der Waals surface area (Å²) in [6, 6.07) is 12.9. The van der Waals surface area contributed by atoms with E-state index in [-0.39, 0.29) is 11.6 Å². The number of pyridine rings is 2. The molecule has 0 spiro atoms. The summed E-state index contributed by atoms with van der Waals surface area (Å²) in [5.41, 5.74) is 9.76. The van der Waals surface area contributed by atoms with Gasteiger partial charge in [-0.3, -0.25) is 9.78 Å². The predicted octanol–water partition coefficient (Wildman–Crippen LogP) is 7.41. The van der Waals surface area contributed by atoms with Crippen molar-refractivity contribution in [2.75, 3.05) is 17.7 Å². The Hall–Kier alpha value is -3.78. The van der Waals surface area contributed by atoms with Gasteiger partial charge < -0.3 is 15.8 Å². The van der Waals surface area contributed by atoms with Crippen LogP contribution in [0.2, 0.25) is 0 Å². The van der Waals surface area contributed by atoms with E-state index in [0.717, 1.165) is 19.3 Å². The first-order valence-corrected chi connectivity index (χ1v) is 14.0. The van der Waals surface area contributed by atoms with Crippen molar-refractivity contribution < 1.29 is 14.3 Å². The second-order valence-corrected chi connectivity index (χ2v) is 10.3. The maximum Gasteiger partial charge on any atom is 0.350 e. The van der Waals surface area contributed by atoms with Crippen LogP contribution in [-0.4, -0.2) is 28.5 Å². The van der Waals surface area contributed by atoms with Gasteiger partial charge in [0.2, 0.25) is 0 Å². The summed E-state index contributed by atoms with van der Waals surface area (Å²) in [5.74, 6) is -0.767. The molecule has 38 heavy (non-hydrogen) atoms. The Bertz CT molecular complexity index is 1390. The molecule has 1 amide bonds. The van der Waals surface area contributed by atoms with Crippen molar-refractivity contribution >= 4 is 44.8 Å². The minimum absolute atomic E-state index is 0.273. The number of nitrogen functional groups attached to an aromatic ring is 1. The number of ether oxygens (including phenoxy) is 1. The van der Waals surface area contributed by atoms with Crippen LogP contribution < -0.4 is 11.1 Å². The highest BCUT2D eigenvalue weighted by molar-refractivity contribution is 7.21. The number of amides is 1. The monoisotopic (exact) mass is 530 g/mol. The topological polar surface area (TPSA) is 107 Å². The van der Waals surface area contributed by atoms with Gasteiger partial charge in [0.05, 0.1) is 23.6 Å². The molecule has 0 aliphatic carbocycles. The Kier molecular flexibility index (Phi) is 9.43. The van der Waals surface area contributed by atoms with Crippen molar-refractivity contribution in [1.82, 2.24) is 9.97 Å². The number of nitrogens with one attached hydrogen (secondary N) is 1. The molecule has 0 unspecified atom stereocenters. The molecule has 198 valence electrons. The first-order valence-electron chi connectivity index (χ1n) is 13.2. The molecule has 0 fully saturated rings. The third-order valence-corrected chi connectivity index (χ3v) is 7.51. The number of anilines is 2. The van der Waals surface area contributed by atoms with Crippen molar-refractivity contribution in [3.05, 3.63) is 71.0 Å². The zero-order valence-electron chi connectivity index (χ0n) is 22.0. The molecule has 4 aromatic rings. The van der Waals surface area contributed by atoms with Crippen LogP contribution in [0.1, 0.15) is 77.6 Å². The predicted molar refractivity (Wildman–Crippen MR) is 155 cm³/mol. The molecule has 0 saturated heterocycles. The van der Waals surface area contributed by atoms with Crippen molar-refractivity contribution in [2.24, 2.45) is 0 Å². The van der Waals surface area contributed by atoms with Gasteiger partial charge in [-0.1, -0.05) is 69.7 Å². The summed E-state index contributed by atoms with van der Waals surface area (Å²) >= 11 is 1.19. The first kappa shape index (κ1) is 27.3. The number of unbranched alkanes of at least 4 members (excludes halogenated alkanes) is 6. The Morgan fingerprint density at radius 2 is 1.74 bits per heavy atom. The SMILES string of the molecule is CCCCCCCCCOC(=O)c1sc2nc(C)c(C(=O)Nc3ccccc3)c(-c3cccnc3)c2c1N. The van der Waals surface area contributed by atoms with Gasteiger partial charge in [-0.05, 0) is 31.5 Å². The summed E-state index contributed by atoms with van der Waals surface area (Å²) < 4.78 is 5.57. The van der Waals surface area contributed by atoms with Crippen LogP contribution in [-0.2, 0) is 4.74 Å². The number of benzene rings is 1. The second-order valence-electron chi connectivity index (χ2n) is 9.29. The summed E-state index contributed by atoms with van der Waals surface area (Å²) in [5, 5.41) is 3.51. The zero-order chi connectivity index (χ0) is 26.9. The third-order valence-electron chi connectivity index (χ3n) is 6.43. The number of nitrogens with two attached hydrogens (primary N) is 1. The number of carbonyl (C=O) groups excluding carboxylic acids is 2. The van der Waals surface area contributed by atoms with Crippen molar-refractivity contribution in [3.63, 3.8) is 0 Å². The van der Waals surface area contributed by atoms with Crippen LogP contribution >= 0.6 is 11.3 Å². The van der Waals surface area contributed by atoms with Crippen molar-refractivity contribution in [1.29, 1.82) is 0 Å². The van der Waals surface area contributed by atoms with E-state index in [2.05, 4.69) is 22.2 Å². The van der Waals surface area contributed by atoms with Gasteiger partial charge >= 0.3 is 5.97 Å². The number of hydrogen-bond acceptors (Lipinski definition) is 7. The average molecular weight is 531 g/mol. The smallest absolute Gasteiger partial charge is 0.350 e. The highest BCUT2D eigenvalue weighted by Crippen LogP contribution is 2.42. The van der Waals surface area contributed by atoms with E-state index >= 15 is 0 Å². The number of carbonyl (C=O) groups is 2. The number of thiophene rings is 1. The molecule has 0 bridgehead atoms. The number of aromatic nitrogens is 2. The molecule has 0 radical (unpaired) electrons. The lowest BCUT2D eigenvalue weighted by Crippen LogP contribution is -2.16. The Balaban J connectivity index is 1.63. The van der Waals surface area contributed by atoms with Crippen molar-refractivity contribution in [3.8, 4) is 11.1 Å². The Labute approximate surface area is 227 Å². The first-order chi connectivity index (χ1) is 18.5. The molecule has 0 aliphatic rings. The minimum Gasteiger partial charge on any atom is -0.461 e. The maximum atomic E-state index is 13.5. The fourth-order valence-electron chi connectivity index (χ4n) is 4.50. The standard InChI is InChI=1S/C30H34N4O3S/c1-3-4-5-6-7-8-12-18-37-30(36)27-26(31)25-24(21-14-13-17-32-19-21)23(20(2)33-29(25)38-27)28(35)34-22-15-10-9-11-16-22/h9-11,13-17,19H,3-8,12,18,31H2,1-2H3,(H,34,35). The number of nitrogens with zero attached hydrogens (tertiary/aromatic N) is 2. The lowest BCUT2D eigenvalue weighted by molar-refractivity contribution is 0.0504. The number of hydrogen-bond donors (Lipinski definition) is 2. The molecule has 0 saturated carbocycles. The summed E-state index contributed by atoms with van der Waals surface area (Å²) in [4.78, 5) is 36.3. The van der Waals surface area contributed by atoms with Gasteiger partial charge in [-0.2, -0.15) is 0 Å². The molecule has 3 N–H and O–H groups in total. The van der Waals surface area contributed by atoms with E-state index < -0.39 is 5.97 Å². The largest absolute Gasteiger partial charge is 0.461 e. The molecule has 7 nitrogen and oxygen atoms in total. The van der Waals surface area contributed by atoms with E-state index in [1.807, 2.05) is 36.4 Å². The highest BCUT2D eigenvalue weighted by atomic mass is 32.1. The van der Waals surface area contributed by atoms with Crippen LogP contribution in [0.4, 0.5) is 11.4 Å². The number of para-hydroxylation sites is 1. The maximum absolute atomic E-state index is 13.5. The van der Waals surface area contributed by atoms with E-state index in [9.17, 15) is 9.59 Å². The Morgan fingerprint density at radius 1 is 1.00 bits per heavy atom. The molecular formula is C30H34N4O3S. The highest BCUT2D eigenvalue weighted by Gasteiger charge is 2.27. The molecule has 3 aromatic heterocycles. The zero-order valence-corrected chi connectivity index (χ0v) is 22.8. The van der Waals surface area contributed by atoms with Crippen LogP contribution in [0.25, 0.3) is 21.3 Å². The fourth-order valence-corrected chi connectivity index (χ4v) is 5.54. The molecule has 4 rings (SSSR count). The average Bonchev–Trinajstić information content (AvgIpc) is 3.25. The quantitative estimate of drug-likeness (QED) is 0.146. The summed E-state index contributed by atoms with van der Waals surface area (Å²) in [7, 11) is 0. The number of fused-ring (bicyclic) bond motifs is 1. The molecule has 0 atom stereocenters. The minimum atomic E-state index is -0.457. The lowest BCUT2D eigenvalue weighted by Gasteiger charge is -2.14. The number of rotatable bonds is 12. The van der Waals surface area contributed by atoms with Crippen LogP contribution in [0.3, 0.4) is 0 Å². The molecule has 3 heterocycles. The van der Waals surface area contributed by atoms with E-state index in [1.54, 1.807) is 25.4 Å². The van der Waals surface area contributed by atoms with Crippen LogP contribution in [0.5, 0.6) is 0 Å². The van der Waals surface area contributed by atoms with Gasteiger partial charge in [0, 0.05) is 34.6 Å². The normalized spacial score (nSPS) is 11.0. The van der Waals surface area contributed by atoms with Crippen LogP contribution in [0.15, 0.2) is 54.9 Å². The summed E-state index contributed by atoms with van der Waals surface area (Å²) in [6.07, 6.45) is 11.3. The molecule has 0 aliphatic heterocycles. The van der Waals surface area contributed by atoms with E-state index in [1.165, 1.54) is 37.0 Å². The van der Waals surface area contributed by atoms with Gasteiger partial charge in [0.1, 0.15) is 9.71 Å². The van der Waals surface area contributed by atoms with Gasteiger partial charge in [-0.15, -0.1) is 11.3 Å². The Morgan fingerprint density at radius 3 is 2.45 bits per heavy atom. The molecular weight excluding hydrogens is 496 g/mol. The van der Waals surface area contributed by atoms with Gasteiger partial charge in [0.25, 0.3) is 5.91 Å². The fraction of sp³-hybridized carbons (Fsp3) is 0.333. The van der Waals surface area contributed by atoms with E-state index in [4.69, 9.17) is 10.5 Å². The van der Waals surface area contributed by atoms with E-state index in [0.29, 0.717) is 49.8 Å². The molecule has 8 heteroatoms. The lowest BCUT2D eigenvalue weighted by atomic mass is 9.96. The number of esters is 1. The third kappa shape index (κ3) is 6.37. The van der Waals surface area contributed by atoms with Crippen molar-refractivity contribution in [2.45, 2.75) is 58.8 Å². The summed E-state index contributed by atoms with van der Waals surface area (Å²) in [6.45, 7) is 4.34.